The van der Waals surface area contributed by atoms with Crippen molar-refractivity contribution in [2.24, 2.45) is 0 Å². The van der Waals surface area contributed by atoms with Crippen molar-refractivity contribution in [1.29, 1.82) is 0 Å². The second-order valence-electron chi connectivity index (χ2n) is 8.90. The molecule has 7 heteroatoms. The first-order chi connectivity index (χ1) is 17.9. The molecule has 0 bridgehead atoms. The monoisotopic (exact) mass is 496 g/mol. The molecule has 0 aliphatic heterocycles. The second-order valence-corrected chi connectivity index (χ2v) is 8.90. The van der Waals surface area contributed by atoms with E-state index in [1.165, 1.54) is 0 Å². The van der Waals surface area contributed by atoms with Crippen molar-refractivity contribution in [3.63, 3.8) is 0 Å². The predicted octanol–water partition coefficient (Wildman–Crippen LogP) is 5.36. The summed E-state index contributed by atoms with van der Waals surface area (Å²) >= 11 is 0. The van der Waals surface area contributed by atoms with E-state index in [9.17, 15) is 24.6 Å². The van der Waals surface area contributed by atoms with Gasteiger partial charge in [0.15, 0.2) is 0 Å². The van der Waals surface area contributed by atoms with Gasteiger partial charge in [0.25, 0.3) is 5.56 Å². The second kappa shape index (κ2) is 11.5. The number of aryl methyl sites for hydroxylation is 1. The van der Waals surface area contributed by atoms with Crippen molar-refractivity contribution in [2.75, 3.05) is 0 Å². The highest BCUT2D eigenvalue weighted by Crippen LogP contribution is 2.25. The lowest BCUT2D eigenvalue weighted by atomic mass is 9.96. The molecule has 0 unspecified atom stereocenters. The molecule has 0 aliphatic rings. The molecule has 1 heterocycles. The van der Waals surface area contributed by atoms with Crippen LogP contribution in [0, 0.1) is 0 Å². The molecule has 0 fully saturated rings. The summed E-state index contributed by atoms with van der Waals surface area (Å²) in [6, 6.07) is 21.1. The number of aromatic amines is 1. The molecule has 3 N–H and O–H groups in total. The van der Waals surface area contributed by atoms with Crippen molar-refractivity contribution in [1.82, 2.24) is 9.97 Å². The Kier molecular flexibility index (Phi) is 7.93. The highest BCUT2D eigenvalue weighted by molar-refractivity contribution is 5.96. The van der Waals surface area contributed by atoms with Gasteiger partial charge < -0.3 is 15.2 Å². The molecule has 0 atom stereocenters. The van der Waals surface area contributed by atoms with Crippen LogP contribution in [0.25, 0.3) is 11.1 Å². The SMILES string of the molecule is CCCCc1nc(Cc2ccccc2C(=O)O)[nH]c(=O)c1Cc1ccc(-c2ccccc2C(=O)O)cc1. The average molecular weight is 497 g/mol. The van der Waals surface area contributed by atoms with E-state index in [0.717, 1.165) is 24.0 Å². The van der Waals surface area contributed by atoms with E-state index in [1.807, 2.05) is 24.3 Å². The lowest BCUT2D eigenvalue weighted by Gasteiger charge is -2.12. The van der Waals surface area contributed by atoms with Crippen LogP contribution >= 0.6 is 0 Å². The topological polar surface area (TPSA) is 120 Å². The minimum absolute atomic E-state index is 0.189. The van der Waals surface area contributed by atoms with Gasteiger partial charge in [0.05, 0.1) is 16.8 Å². The fourth-order valence-corrected chi connectivity index (χ4v) is 4.40. The van der Waals surface area contributed by atoms with Crippen LogP contribution in [0.15, 0.2) is 77.6 Å². The highest BCUT2D eigenvalue weighted by Gasteiger charge is 2.16. The molecule has 37 heavy (non-hydrogen) atoms. The van der Waals surface area contributed by atoms with E-state index in [2.05, 4.69) is 11.9 Å². The molecule has 3 aromatic carbocycles. The van der Waals surface area contributed by atoms with Crippen LogP contribution in [-0.4, -0.2) is 32.1 Å². The number of H-pyrrole nitrogens is 1. The fraction of sp³-hybridized carbons (Fsp3) is 0.200. The van der Waals surface area contributed by atoms with Gasteiger partial charge in [-0.3, -0.25) is 4.79 Å². The van der Waals surface area contributed by atoms with Gasteiger partial charge in [-0.1, -0.05) is 74.0 Å². The van der Waals surface area contributed by atoms with E-state index in [-0.39, 0.29) is 23.1 Å². The third kappa shape index (κ3) is 6.01. The summed E-state index contributed by atoms with van der Waals surface area (Å²) < 4.78 is 0. The molecule has 7 nitrogen and oxygen atoms in total. The van der Waals surface area contributed by atoms with Crippen molar-refractivity contribution in [3.8, 4) is 11.1 Å². The number of benzene rings is 3. The molecule has 0 saturated carbocycles. The van der Waals surface area contributed by atoms with Crippen molar-refractivity contribution in [2.45, 2.75) is 39.0 Å². The summed E-state index contributed by atoms with van der Waals surface area (Å²) in [5.74, 6) is -1.56. The predicted molar refractivity (Wildman–Crippen MR) is 141 cm³/mol. The molecule has 0 amide bonds. The third-order valence-electron chi connectivity index (χ3n) is 6.33. The van der Waals surface area contributed by atoms with Crippen LogP contribution < -0.4 is 5.56 Å². The lowest BCUT2D eigenvalue weighted by Crippen LogP contribution is -2.21. The maximum atomic E-state index is 13.2. The zero-order valence-electron chi connectivity index (χ0n) is 20.5. The Morgan fingerprint density at radius 3 is 2.16 bits per heavy atom. The molecule has 4 rings (SSSR count). The summed E-state index contributed by atoms with van der Waals surface area (Å²) in [7, 11) is 0. The smallest absolute Gasteiger partial charge is 0.336 e. The lowest BCUT2D eigenvalue weighted by molar-refractivity contribution is 0.0686. The minimum Gasteiger partial charge on any atom is -0.478 e. The number of unbranched alkanes of at least 4 members (excludes halogenated alkanes) is 1. The summed E-state index contributed by atoms with van der Waals surface area (Å²) in [5.41, 5.74) is 4.41. The maximum absolute atomic E-state index is 13.2. The number of hydrogen-bond acceptors (Lipinski definition) is 4. The first-order valence-electron chi connectivity index (χ1n) is 12.2. The standard InChI is InChI=1S/C30H28N2O5/c1-2-3-12-26-25(28(33)32-27(31-26)18-21-8-4-5-10-23(21)29(34)35)17-19-13-15-20(16-14-19)22-9-6-7-11-24(22)30(36)37/h4-11,13-16H,2-3,12,17-18H2,1H3,(H,34,35)(H,36,37)(H,31,32,33). The third-order valence-corrected chi connectivity index (χ3v) is 6.33. The normalized spacial score (nSPS) is 10.8. The van der Waals surface area contributed by atoms with Crippen LogP contribution in [0.1, 0.15) is 68.7 Å². The van der Waals surface area contributed by atoms with Crippen LogP contribution in [-0.2, 0) is 19.3 Å². The van der Waals surface area contributed by atoms with Gasteiger partial charge in [-0.2, -0.15) is 0 Å². The summed E-state index contributed by atoms with van der Waals surface area (Å²) in [5, 5.41) is 19.0. The number of nitrogens with one attached hydrogen (secondary N) is 1. The van der Waals surface area contributed by atoms with Gasteiger partial charge in [0, 0.05) is 18.4 Å². The first-order valence-corrected chi connectivity index (χ1v) is 12.2. The molecular weight excluding hydrogens is 468 g/mol. The van der Waals surface area contributed by atoms with E-state index in [4.69, 9.17) is 4.98 Å². The quantitative estimate of drug-likeness (QED) is 0.272. The van der Waals surface area contributed by atoms with Crippen molar-refractivity contribution >= 4 is 11.9 Å². The van der Waals surface area contributed by atoms with Gasteiger partial charge in [0.2, 0.25) is 0 Å². The van der Waals surface area contributed by atoms with Gasteiger partial charge in [0.1, 0.15) is 5.82 Å². The van der Waals surface area contributed by atoms with Crippen molar-refractivity contribution < 1.29 is 19.8 Å². The van der Waals surface area contributed by atoms with Crippen LogP contribution in [0.2, 0.25) is 0 Å². The number of aromatic carboxylic acids is 2. The van der Waals surface area contributed by atoms with Gasteiger partial charge >= 0.3 is 11.9 Å². The van der Waals surface area contributed by atoms with Crippen LogP contribution in [0.3, 0.4) is 0 Å². The number of carboxylic acids is 2. The van der Waals surface area contributed by atoms with Crippen LogP contribution in [0.5, 0.6) is 0 Å². The van der Waals surface area contributed by atoms with Crippen LogP contribution in [0.4, 0.5) is 0 Å². The Morgan fingerprint density at radius 1 is 0.838 bits per heavy atom. The number of rotatable bonds is 10. The largest absolute Gasteiger partial charge is 0.478 e. The number of hydrogen-bond donors (Lipinski definition) is 3. The Morgan fingerprint density at radius 2 is 1.49 bits per heavy atom. The van der Waals surface area contributed by atoms with E-state index in [0.29, 0.717) is 41.1 Å². The van der Waals surface area contributed by atoms with E-state index < -0.39 is 11.9 Å². The van der Waals surface area contributed by atoms with Gasteiger partial charge in [-0.25, -0.2) is 14.6 Å². The van der Waals surface area contributed by atoms with Gasteiger partial charge in [-0.05, 0) is 47.2 Å². The first kappa shape index (κ1) is 25.6. The Labute approximate surface area is 214 Å². The molecular formula is C30H28N2O5. The minimum atomic E-state index is -1.02. The molecule has 0 aliphatic carbocycles. The number of carbonyl (C=O) groups is 2. The molecule has 0 saturated heterocycles. The average Bonchev–Trinajstić information content (AvgIpc) is 2.89. The molecule has 0 radical (unpaired) electrons. The van der Waals surface area contributed by atoms with Gasteiger partial charge in [-0.15, -0.1) is 0 Å². The van der Waals surface area contributed by atoms with E-state index in [1.54, 1.807) is 48.5 Å². The number of aromatic nitrogens is 2. The molecule has 188 valence electrons. The zero-order valence-corrected chi connectivity index (χ0v) is 20.5. The summed E-state index contributed by atoms with van der Waals surface area (Å²) in [4.78, 5) is 43.9. The van der Waals surface area contributed by atoms with Crippen molar-refractivity contribution in [3.05, 3.63) is 122 Å². The highest BCUT2D eigenvalue weighted by atomic mass is 16.4. The molecule has 1 aromatic heterocycles. The Bertz CT molecular complexity index is 1490. The molecule has 0 spiro atoms. The Hall–Kier alpha value is -4.52. The number of carboxylic acid groups (broad SMARTS) is 2. The number of nitrogens with zero attached hydrogens (tertiary/aromatic N) is 1. The van der Waals surface area contributed by atoms with E-state index >= 15 is 0 Å². The Balaban J connectivity index is 1.64. The maximum Gasteiger partial charge on any atom is 0.336 e. The fourth-order valence-electron chi connectivity index (χ4n) is 4.40. The summed E-state index contributed by atoms with van der Waals surface area (Å²) in [6.07, 6.45) is 3.07. The zero-order chi connectivity index (χ0) is 26.4. The summed E-state index contributed by atoms with van der Waals surface area (Å²) in [6.45, 7) is 2.07. The molecule has 4 aromatic rings.